The molecule has 0 saturated carbocycles. The van der Waals surface area contributed by atoms with E-state index in [9.17, 15) is 4.79 Å². The smallest absolute Gasteiger partial charge is 0.238 e. The fraction of sp³-hybridized carbons (Fsp3) is 0.533. The van der Waals surface area contributed by atoms with Gasteiger partial charge < -0.3 is 15.4 Å². The highest BCUT2D eigenvalue weighted by Gasteiger charge is 2.21. The summed E-state index contributed by atoms with van der Waals surface area (Å²) in [4.78, 5) is 14.3. The van der Waals surface area contributed by atoms with Crippen LogP contribution >= 0.6 is 11.6 Å². The Kier molecular flexibility index (Phi) is 5.99. The van der Waals surface area contributed by atoms with Crippen molar-refractivity contribution in [3.8, 4) is 0 Å². The first-order valence-electron chi connectivity index (χ1n) is 7.13. The molecule has 2 N–H and O–H groups in total. The van der Waals surface area contributed by atoms with Crippen LogP contribution in [-0.4, -0.2) is 56.7 Å². The molecule has 1 unspecified atom stereocenters. The lowest BCUT2D eigenvalue weighted by Crippen LogP contribution is -2.48. The number of carbonyl (C=O) groups is 1. The molecule has 1 aromatic carbocycles. The third-order valence-electron chi connectivity index (χ3n) is 3.50. The van der Waals surface area contributed by atoms with Gasteiger partial charge >= 0.3 is 0 Å². The molecule has 116 valence electrons. The minimum absolute atomic E-state index is 0.0227. The normalized spacial score (nSPS) is 19.5. The lowest BCUT2D eigenvalue weighted by atomic mass is 10.2. The van der Waals surface area contributed by atoms with Crippen LogP contribution in [0.2, 0.25) is 5.02 Å². The van der Waals surface area contributed by atoms with E-state index in [-0.39, 0.29) is 12.0 Å². The molecule has 1 heterocycles. The van der Waals surface area contributed by atoms with Crippen molar-refractivity contribution < 1.29 is 9.53 Å². The minimum Gasteiger partial charge on any atom is -0.374 e. The highest BCUT2D eigenvalue weighted by molar-refractivity contribution is 6.31. The zero-order valence-electron chi connectivity index (χ0n) is 12.5. The number of hydrogen-bond donors (Lipinski definition) is 2. The molecule has 5 nitrogen and oxygen atoms in total. The third kappa shape index (κ3) is 4.97. The Labute approximate surface area is 130 Å². The van der Waals surface area contributed by atoms with E-state index >= 15 is 0 Å². The van der Waals surface area contributed by atoms with Gasteiger partial charge in [0, 0.05) is 30.3 Å². The third-order valence-corrected chi connectivity index (χ3v) is 3.73. The summed E-state index contributed by atoms with van der Waals surface area (Å²) in [6.07, 6.45) is 0.143. The number of nitrogens with zero attached hydrogens (tertiary/aromatic N) is 1. The van der Waals surface area contributed by atoms with Crippen molar-refractivity contribution in [3.05, 3.63) is 28.8 Å². The van der Waals surface area contributed by atoms with Gasteiger partial charge in [-0.15, -0.1) is 0 Å². The van der Waals surface area contributed by atoms with Gasteiger partial charge in [0.25, 0.3) is 0 Å². The van der Waals surface area contributed by atoms with Gasteiger partial charge in [0.05, 0.1) is 19.3 Å². The molecule has 0 bridgehead atoms. The summed E-state index contributed by atoms with van der Waals surface area (Å²) < 4.78 is 5.63. The highest BCUT2D eigenvalue weighted by Crippen LogP contribution is 2.20. The first-order valence-corrected chi connectivity index (χ1v) is 7.51. The van der Waals surface area contributed by atoms with Crippen LogP contribution in [0.15, 0.2) is 18.2 Å². The summed E-state index contributed by atoms with van der Waals surface area (Å²) >= 11 is 5.96. The van der Waals surface area contributed by atoms with Crippen molar-refractivity contribution in [2.75, 3.05) is 45.2 Å². The molecule has 0 aliphatic carbocycles. The van der Waals surface area contributed by atoms with Crippen molar-refractivity contribution in [2.45, 2.75) is 13.0 Å². The predicted molar refractivity (Wildman–Crippen MR) is 84.9 cm³/mol. The monoisotopic (exact) mass is 311 g/mol. The number of likely N-dealkylation sites (N-methyl/N-ethyl adjacent to an activating group) is 1. The number of anilines is 1. The molecular weight excluding hydrogens is 290 g/mol. The van der Waals surface area contributed by atoms with E-state index in [4.69, 9.17) is 16.3 Å². The van der Waals surface area contributed by atoms with Crippen LogP contribution in [-0.2, 0) is 9.53 Å². The standard InChI is InChI=1S/C15H22ClN3O2/c1-11-3-4-12(16)7-14(11)18-15(20)10-19-5-6-21-13(9-19)8-17-2/h3-4,7,13,17H,5-6,8-10H2,1-2H3,(H,18,20). The number of hydrogen-bond acceptors (Lipinski definition) is 4. The largest absolute Gasteiger partial charge is 0.374 e. The number of amides is 1. The summed E-state index contributed by atoms with van der Waals surface area (Å²) in [5.74, 6) is -0.0227. The van der Waals surface area contributed by atoms with Gasteiger partial charge in [0.1, 0.15) is 0 Å². The molecule has 1 amide bonds. The average molecular weight is 312 g/mol. The van der Waals surface area contributed by atoms with Gasteiger partial charge in [-0.3, -0.25) is 9.69 Å². The molecular formula is C15H22ClN3O2. The maximum atomic E-state index is 12.2. The van der Waals surface area contributed by atoms with Crippen LogP contribution in [0.1, 0.15) is 5.56 Å². The topological polar surface area (TPSA) is 53.6 Å². The number of aryl methyl sites for hydroxylation is 1. The van der Waals surface area contributed by atoms with Crippen LogP contribution in [0, 0.1) is 6.92 Å². The van der Waals surface area contributed by atoms with Gasteiger partial charge in [-0.05, 0) is 31.7 Å². The van der Waals surface area contributed by atoms with Crippen molar-refractivity contribution in [1.29, 1.82) is 0 Å². The summed E-state index contributed by atoms with van der Waals surface area (Å²) in [6.45, 7) is 5.32. The molecule has 6 heteroatoms. The Bertz CT molecular complexity index is 494. The lowest BCUT2D eigenvalue weighted by Gasteiger charge is -2.32. The van der Waals surface area contributed by atoms with Gasteiger partial charge in [-0.2, -0.15) is 0 Å². The van der Waals surface area contributed by atoms with Gasteiger partial charge in [-0.1, -0.05) is 17.7 Å². The number of ether oxygens (including phenoxy) is 1. The van der Waals surface area contributed by atoms with Crippen molar-refractivity contribution in [1.82, 2.24) is 10.2 Å². The second-order valence-electron chi connectivity index (χ2n) is 5.29. The van der Waals surface area contributed by atoms with Crippen LogP contribution in [0.5, 0.6) is 0 Å². The fourth-order valence-corrected chi connectivity index (χ4v) is 2.57. The molecule has 1 saturated heterocycles. The van der Waals surface area contributed by atoms with Gasteiger partial charge in [-0.25, -0.2) is 0 Å². The van der Waals surface area contributed by atoms with Crippen LogP contribution in [0.25, 0.3) is 0 Å². The molecule has 2 rings (SSSR count). The molecule has 1 aliphatic rings. The maximum Gasteiger partial charge on any atom is 0.238 e. The SMILES string of the molecule is CNCC1CN(CC(=O)Nc2cc(Cl)ccc2C)CCO1. The molecule has 1 aliphatic heterocycles. The van der Waals surface area contributed by atoms with Gasteiger partial charge in [0.15, 0.2) is 0 Å². The van der Waals surface area contributed by atoms with Crippen molar-refractivity contribution in [2.24, 2.45) is 0 Å². The summed E-state index contributed by atoms with van der Waals surface area (Å²) in [7, 11) is 1.90. The maximum absolute atomic E-state index is 12.2. The van der Waals surface area contributed by atoms with E-state index in [0.29, 0.717) is 18.2 Å². The Morgan fingerprint density at radius 2 is 2.33 bits per heavy atom. The number of halogens is 1. The summed E-state index contributed by atoms with van der Waals surface area (Å²) in [5.41, 5.74) is 1.77. The molecule has 0 aromatic heterocycles. The first-order chi connectivity index (χ1) is 10.1. The predicted octanol–water partition coefficient (Wildman–Crippen LogP) is 1.51. The number of benzene rings is 1. The van der Waals surface area contributed by atoms with E-state index in [0.717, 1.165) is 30.9 Å². The second kappa shape index (κ2) is 7.75. The number of rotatable bonds is 5. The zero-order valence-corrected chi connectivity index (χ0v) is 13.2. The Morgan fingerprint density at radius 3 is 3.10 bits per heavy atom. The van der Waals surface area contributed by atoms with E-state index in [2.05, 4.69) is 15.5 Å². The molecule has 21 heavy (non-hydrogen) atoms. The second-order valence-corrected chi connectivity index (χ2v) is 5.73. The lowest BCUT2D eigenvalue weighted by molar-refractivity contribution is -0.119. The number of morpholine rings is 1. The quantitative estimate of drug-likeness (QED) is 0.865. The van der Waals surface area contributed by atoms with Crippen LogP contribution in [0.4, 0.5) is 5.69 Å². The summed E-state index contributed by atoms with van der Waals surface area (Å²) in [5, 5.41) is 6.64. The van der Waals surface area contributed by atoms with E-state index in [1.165, 1.54) is 0 Å². The molecule has 1 fully saturated rings. The number of carbonyl (C=O) groups excluding carboxylic acids is 1. The van der Waals surface area contributed by atoms with E-state index in [1.807, 2.05) is 26.1 Å². The molecule has 1 aromatic rings. The Morgan fingerprint density at radius 1 is 1.52 bits per heavy atom. The average Bonchev–Trinajstić information content (AvgIpc) is 2.43. The fourth-order valence-electron chi connectivity index (χ4n) is 2.40. The molecule has 0 spiro atoms. The van der Waals surface area contributed by atoms with Crippen molar-refractivity contribution in [3.63, 3.8) is 0 Å². The van der Waals surface area contributed by atoms with Gasteiger partial charge in [0.2, 0.25) is 5.91 Å². The minimum atomic E-state index is -0.0227. The van der Waals surface area contributed by atoms with E-state index < -0.39 is 0 Å². The highest BCUT2D eigenvalue weighted by atomic mass is 35.5. The zero-order chi connectivity index (χ0) is 15.2. The van der Waals surface area contributed by atoms with Crippen molar-refractivity contribution >= 4 is 23.2 Å². The Hall–Kier alpha value is -1.14. The first kappa shape index (κ1) is 16.2. The summed E-state index contributed by atoms with van der Waals surface area (Å²) in [6, 6.07) is 5.49. The molecule has 0 radical (unpaired) electrons. The Balaban J connectivity index is 1.88. The van der Waals surface area contributed by atoms with Crippen LogP contribution < -0.4 is 10.6 Å². The van der Waals surface area contributed by atoms with Crippen LogP contribution in [0.3, 0.4) is 0 Å². The number of nitrogens with one attached hydrogen (secondary N) is 2. The van der Waals surface area contributed by atoms with E-state index in [1.54, 1.807) is 6.07 Å². The molecule has 1 atom stereocenters.